The third-order valence-corrected chi connectivity index (χ3v) is 2.01. The Bertz CT molecular complexity index is 473. The van der Waals surface area contributed by atoms with E-state index in [0.717, 1.165) is 6.20 Å². The number of carbonyl (C=O) groups is 1. The molecule has 0 bridgehead atoms. The van der Waals surface area contributed by atoms with E-state index in [9.17, 15) is 28.1 Å². The van der Waals surface area contributed by atoms with Crippen LogP contribution in [0, 0.1) is 10.1 Å². The summed E-state index contributed by atoms with van der Waals surface area (Å²) in [6.07, 6.45) is -6.86. The van der Waals surface area contributed by atoms with E-state index in [2.05, 4.69) is 9.97 Å². The Morgan fingerprint density at radius 2 is 2.26 bits per heavy atom. The average Bonchev–Trinajstić information content (AvgIpc) is 2.73. The highest BCUT2D eigenvalue weighted by molar-refractivity contribution is 5.78. The van der Waals surface area contributed by atoms with Crippen LogP contribution in [0.5, 0.6) is 0 Å². The summed E-state index contributed by atoms with van der Waals surface area (Å²) in [6.45, 7) is -0.988. The molecule has 1 aromatic rings. The number of nitro groups is 1. The van der Waals surface area contributed by atoms with E-state index in [4.69, 9.17) is 5.11 Å². The quantitative estimate of drug-likeness (QED) is 0.514. The predicted molar refractivity (Wildman–Crippen MR) is 54.0 cm³/mol. The van der Waals surface area contributed by atoms with Gasteiger partial charge in [0.15, 0.2) is 6.10 Å². The maximum absolute atomic E-state index is 11.9. The zero-order valence-electron chi connectivity index (χ0n) is 9.27. The number of nitrogens with one attached hydrogen (secondary N) is 2. The molecule has 0 aliphatic heterocycles. The van der Waals surface area contributed by atoms with Crippen molar-refractivity contribution in [1.82, 2.24) is 15.3 Å². The normalized spacial score (nSPS) is 13.1. The minimum atomic E-state index is -4.82. The van der Waals surface area contributed by atoms with Crippen LogP contribution in [0.15, 0.2) is 6.20 Å². The molecule has 0 saturated carbocycles. The number of hydrogen-bond acceptors (Lipinski definition) is 5. The van der Waals surface area contributed by atoms with E-state index < -0.39 is 42.0 Å². The molecule has 0 aromatic carbocycles. The van der Waals surface area contributed by atoms with E-state index in [-0.39, 0.29) is 5.69 Å². The molecule has 3 N–H and O–H groups in total. The molecule has 106 valence electrons. The minimum absolute atomic E-state index is 0.0747. The zero-order valence-corrected chi connectivity index (χ0v) is 9.27. The summed E-state index contributed by atoms with van der Waals surface area (Å²) in [4.78, 5) is 26.2. The summed E-state index contributed by atoms with van der Waals surface area (Å²) >= 11 is 0. The van der Waals surface area contributed by atoms with Crippen LogP contribution in [0.1, 0.15) is 5.69 Å². The number of rotatable bonds is 5. The molecule has 1 amide bonds. The third-order valence-electron chi connectivity index (χ3n) is 2.01. The van der Waals surface area contributed by atoms with Gasteiger partial charge in [-0.15, -0.1) is 0 Å². The molecule has 0 aliphatic rings. The Morgan fingerprint density at radius 3 is 2.74 bits per heavy atom. The van der Waals surface area contributed by atoms with Crippen molar-refractivity contribution < 1.29 is 28.0 Å². The summed E-state index contributed by atoms with van der Waals surface area (Å²) in [5, 5.41) is 20.8. The summed E-state index contributed by atoms with van der Waals surface area (Å²) in [6, 6.07) is 0. The van der Waals surface area contributed by atoms with Crippen molar-refractivity contribution in [2.75, 3.05) is 6.54 Å². The summed E-state index contributed by atoms with van der Waals surface area (Å²) in [5.74, 6) is -1.40. The van der Waals surface area contributed by atoms with Gasteiger partial charge < -0.3 is 20.5 Å². The molecule has 11 heteroatoms. The van der Waals surface area contributed by atoms with Crippen molar-refractivity contribution in [2.24, 2.45) is 0 Å². The first-order chi connectivity index (χ1) is 8.70. The second-order valence-corrected chi connectivity index (χ2v) is 3.53. The van der Waals surface area contributed by atoms with Crippen LogP contribution in [0.3, 0.4) is 0 Å². The molecule has 8 nitrogen and oxygen atoms in total. The zero-order chi connectivity index (χ0) is 14.6. The topological polar surface area (TPSA) is 121 Å². The van der Waals surface area contributed by atoms with E-state index in [0.29, 0.717) is 0 Å². The monoisotopic (exact) mass is 282 g/mol. The van der Waals surface area contributed by atoms with Crippen LogP contribution in [0.25, 0.3) is 0 Å². The average molecular weight is 282 g/mol. The standard InChI is InChI=1S/C8H9F3N4O4/c9-8(10,11)5(16)3-12-6(17)1-4-2-13-7(14-4)15(18)19/h2,5,16H,1,3H2,(H,12,17)(H,13,14). The Hall–Kier alpha value is -2.17. The van der Waals surface area contributed by atoms with Crippen molar-refractivity contribution in [3.8, 4) is 0 Å². The lowest BCUT2D eigenvalue weighted by molar-refractivity contribution is -0.393. The van der Waals surface area contributed by atoms with E-state index in [1.807, 2.05) is 5.32 Å². The fourth-order valence-electron chi connectivity index (χ4n) is 1.09. The first-order valence-electron chi connectivity index (χ1n) is 4.90. The number of amides is 1. The van der Waals surface area contributed by atoms with Crippen molar-refractivity contribution >= 4 is 11.9 Å². The molecule has 19 heavy (non-hydrogen) atoms. The fourth-order valence-corrected chi connectivity index (χ4v) is 1.09. The molecule has 1 heterocycles. The van der Waals surface area contributed by atoms with Gasteiger partial charge in [-0.05, 0) is 4.92 Å². The number of aromatic nitrogens is 2. The Morgan fingerprint density at radius 1 is 1.63 bits per heavy atom. The lowest BCUT2D eigenvalue weighted by Gasteiger charge is -2.14. The smallest absolute Gasteiger partial charge is 0.390 e. The van der Waals surface area contributed by atoms with Crippen LogP contribution in [0.4, 0.5) is 19.1 Å². The number of H-pyrrole nitrogens is 1. The van der Waals surface area contributed by atoms with Gasteiger partial charge in [-0.3, -0.25) is 4.79 Å². The lowest BCUT2D eigenvalue weighted by atomic mass is 10.3. The highest BCUT2D eigenvalue weighted by Gasteiger charge is 2.38. The van der Waals surface area contributed by atoms with Gasteiger partial charge in [0.1, 0.15) is 11.9 Å². The number of nitrogens with zero attached hydrogens (tertiary/aromatic N) is 2. The molecular formula is C8H9F3N4O4. The van der Waals surface area contributed by atoms with E-state index in [1.54, 1.807) is 0 Å². The van der Waals surface area contributed by atoms with Crippen molar-refractivity contribution in [3.63, 3.8) is 0 Å². The maximum Gasteiger partial charge on any atom is 0.432 e. The van der Waals surface area contributed by atoms with Crippen LogP contribution in [-0.2, 0) is 11.2 Å². The van der Waals surface area contributed by atoms with Crippen LogP contribution < -0.4 is 5.32 Å². The molecule has 0 radical (unpaired) electrons. The lowest BCUT2D eigenvalue weighted by Crippen LogP contribution is -2.41. The molecule has 0 spiro atoms. The molecule has 0 aliphatic carbocycles. The van der Waals surface area contributed by atoms with E-state index >= 15 is 0 Å². The minimum Gasteiger partial charge on any atom is -0.390 e. The van der Waals surface area contributed by atoms with E-state index in [1.165, 1.54) is 0 Å². The number of aliphatic hydroxyl groups excluding tert-OH is 1. The van der Waals surface area contributed by atoms with Crippen LogP contribution >= 0.6 is 0 Å². The first-order valence-corrected chi connectivity index (χ1v) is 4.90. The molecule has 0 fully saturated rings. The molecule has 1 rings (SSSR count). The number of halogens is 3. The van der Waals surface area contributed by atoms with Gasteiger partial charge in [-0.2, -0.15) is 13.2 Å². The van der Waals surface area contributed by atoms with Gasteiger partial charge in [0, 0.05) is 0 Å². The molecular weight excluding hydrogens is 273 g/mol. The molecule has 1 atom stereocenters. The van der Waals surface area contributed by atoms with Gasteiger partial charge in [0.05, 0.1) is 13.0 Å². The number of imidazole rings is 1. The van der Waals surface area contributed by atoms with Crippen LogP contribution in [0.2, 0.25) is 0 Å². The van der Waals surface area contributed by atoms with Crippen LogP contribution in [-0.4, -0.2) is 44.7 Å². The Balaban J connectivity index is 2.45. The summed E-state index contributed by atoms with van der Waals surface area (Å²) < 4.78 is 35.8. The highest BCUT2D eigenvalue weighted by atomic mass is 19.4. The van der Waals surface area contributed by atoms with Gasteiger partial charge >= 0.3 is 12.1 Å². The number of carbonyl (C=O) groups excluding carboxylic acids is 1. The van der Waals surface area contributed by atoms with Crippen molar-refractivity contribution in [3.05, 3.63) is 22.0 Å². The third kappa shape index (κ3) is 4.54. The molecule has 0 saturated heterocycles. The highest BCUT2D eigenvalue weighted by Crippen LogP contribution is 2.19. The van der Waals surface area contributed by atoms with Gasteiger partial charge in [-0.25, -0.2) is 4.98 Å². The van der Waals surface area contributed by atoms with Gasteiger partial charge in [-0.1, -0.05) is 4.98 Å². The van der Waals surface area contributed by atoms with Gasteiger partial charge in [0.25, 0.3) is 0 Å². The second-order valence-electron chi connectivity index (χ2n) is 3.53. The number of aromatic amines is 1. The first kappa shape index (κ1) is 14.9. The SMILES string of the molecule is O=C(Cc1cnc([N+](=O)[O-])[nH]1)NCC(O)C(F)(F)F. The molecule has 1 unspecified atom stereocenters. The second kappa shape index (κ2) is 5.65. The molecule has 1 aromatic heterocycles. The predicted octanol–water partition coefficient (Wildman–Crippen LogP) is -0.100. The largest absolute Gasteiger partial charge is 0.432 e. The van der Waals surface area contributed by atoms with Gasteiger partial charge in [0.2, 0.25) is 5.91 Å². The number of hydrogen-bond donors (Lipinski definition) is 3. The Labute approximate surface area is 103 Å². The summed E-state index contributed by atoms with van der Waals surface area (Å²) in [5.41, 5.74) is 0.0747. The fraction of sp³-hybridized carbons (Fsp3) is 0.500. The maximum atomic E-state index is 11.9. The Kier molecular flexibility index (Phi) is 4.43. The number of aliphatic hydroxyl groups is 1. The number of alkyl halides is 3. The van der Waals surface area contributed by atoms with Crippen molar-refractivity contribution in [2.45, 2.75) is 18.7 Å². The summed E-state index contributed by atoms with van der Waals surface area (Å²) in [7, 11) is 0. The van der Waals surface area contributed by atoms with Crippen molar-refractivity contribution in [1.29, 1.82) is 0 Å².